The molecular weight excluding hydrogens is 363 g/mol. The van der Waals surface area contributed by atoms with E-state index in [1.54, 1.807) is 0 Å². The van der Waals surface area contributed by atoms with Crippen molar-refractivity contribution in [3.8, 4) is 0 Å². The normalized spacial score (nSPS) is 19.6. The number of halogens is 1. The quantitative estimate of drug-likeness (QED) is 0.426. The van der Waals surface area contributed by atoms with E-state index >= 15 is 0 Å². The summed E-state index contributed by atoms with van der Waals surface area (Å²) >= 11 is 0. The lowest BCUT2D eigenvalue weighted by Gasteiger charge is -2.30. The Kier molecular flexibility index (Phi) is 10.6. The zero-order valence-electron chi connectivity index (χ0n) is 13.8. The summed E-state index contributed by atoms with van der Waals surface area (Å²) in [4.78, 5) is 6.83. The van der Waals surface area contributed by atoms with Crippen LogP contribution in [-0.4, -0.2) is 50.1 Å². The highest BCUT2D eigenvalue weighted by atomic mass is 127. The van der Waals surface area contributed by atoms with E-state index in [0.29, 0.717) is 12.0 Å². The van der Waals surface area contributed by atoms with Gasteiger partial charge >= 0.3 is 0 Å². The Morgan fingerprint density at radius 3 is 2.35 bits per heavy atom. The molecule has 1 aliphatic rings. The lowest BCUT2D eigenvalue weighted by Crippen LogP contribution is -2.47. The van der Waals surface area contributed by atoms with Crippen molar-refractivity contribution in [2.75, 3.05) is 33.2 Å². The fourth-order valence-corrected chi connectivity index (χ4v) is 2.20. The maximum Gasteiger partial charge on any atom is 0.191 e. The van der Waals surface area contributed by atoms with E-state index in [-0.39, 0.29) is 24.0 Å². The van der Waals surface area contributed by atoms with Crippen molar-refractivity contribution in [1.82, 2.24) is 15.5 Å². The van der Waals surface area contributed by atoms with Gasteiger partial charge in [0.05, 0.1) is 0 Å². The van der Waals surface area contributed by atoms with Gasteiger partial charge in [0, 0.05) is 26.2 Å². The molecule has 1 unspecified atom stereocenters. The third kappa shape index (κ3) is 7.67. The largest absolute Gasteiger partial charge is 0.355 e. The van der Waals surface area contributed by atoms with Crippen LogP contribution in [0.5, 0.6) is 0 Å². The molecule has 0 amide bonds. The molecule has 4 nitrogen and oxygen atoms in total. The van der Waals surface area contributed by atoms with Crippen LogP contribution in [0.2, 0.25) is 0 Å². The third-order valence-electron chi connectivity index (χ3n) is 4.18. The number of hydrogen-bond donors (Lipinski definition) is 2. The first-order valence-corrected chi connectivity index (χ1v) is 7.72. The molecule has 1 saturated heterocycles. The Hall–Kier alpha value is -0.0400. The zero-order chi connectivity index (χ0) is 14.3. The van der Waals surface area contributed by atoms with Crippen LogP contribution in [0.25, 0.3) is 0 Å². The molecule has 20 heavy (non-hydrogen) atoms. The van der Waals surface area contributed by atoms with Gasteiger partial charge in [0.1, 0.15) is 0 Å². The molecule has 0 bridgehead atoms. The number of rotatable bonds is 5. The highest BCUT2D eigenvalue weighted by Crippen LogP contribution is 2.14. The number of hydrogen-bond acceptors (Lipinski definition) is 2. The summed E-state index contributed by atoms with van der Waals surface area (Å²) in [5.41, 5.74) is 0. The minimum Gasteiger partial charge on any atom is -0.355 e. The van der Waals surface area contributed by atoms with E-state index in [2.05, 4.69) is 48.2 Å². The first-order valence-electron chi connectivity index (χ1n) is 7.72. The zero-order valence-corrected chi connectivity index (χ0v) is 16.1. The molecule has 0 aromatic rings. The second-order valence-electron chi connectivity index (χ2n) is 6.20. The molecule has 1 rings (SSSR count). The second kappa shape index (κ2) is 10.7. The molecule has 1 fully saturated rings. The summed E-state index contributed by atoms with van der Waals surface area (Å²) < 4.78 is 0. The van der Waals surface area contributed by atoms with Gasteiger partial charge in [-0.3, -0.25) is 4.99 Å². The molecule has 1 aliphatic heterocycles. The molecule has 1 heterocycles. The van der Waals surface area contributed by atoms with E-state index in [1.807, 2.05) is 7.05 Å². The first kappa shape index (κ1) is 20.0. The third-order valence-corrected chi connectivity index (χ3v) is 4.18. The Balaban J connectivity index is 0.00000361. The Labute approximate surface area is 142 Å². The van der Waals surface area contributed by atoms with Crippen molar-refractivity contribution in [2.24, 2.45) is 16.8 Å². The van der Waals surface area contributed by atoms with Crippen molar-refractivity contribution in [2.45, 2.75) is 46.6 Å². The van der Waals surface area contributed by atoms with Gasteiger partial charge < -0.3 is 15.5 Å². The number of piperidine rings is 1. The number of nitrogens with one attached hydrogen (secondary N) is 2. The van der Waals surface area contributed by atoms with E-state index in [4.69, 9.17) is 0 Å². The van der Waals surface area contributed by atoms with Gasteiger partial charge in [0.2, 0.25) is 0 Å². The van der Waals surface area contributed by atoms with Crippen LogP contribution in [-0.2, 0) is 0 Å². The van der Waals surface area contributed by atoms with Gasteiger partial charge in [-0.2, -0.15) is 0 Å². The predicted octanol–water partition coefficient (Wildman–Crippen LogP) is 2.55. The van der Waals surface area contributed by atoms with Crippen molar-refractivity contribution in [3.05, 3.63) is 0 Å². The molecule has 2 N–H and O–H groups in total. The summed E-state index contributed by atoms with van der Waals surface area (Å²) in [6.07, 6.45) is 2.69. The van der Waals surface area contributed by atoms with Crippen molar-refractivity contribution in [3.63, 3.8) is 0 Å². The Morgan fingerprint density at radius 1 is 1.25 bits per heavy atom. The molecule has 0 saturated carbocycles. The van der Waals surface area contributed by atoms with Gasteiger partial charge in [0.25, 0.3) is 0 Å². The molecule has 120 valence electrons. The first-order chi connectivity index (χ1) is 9.02. The molecule has 0 aromatic carbocycles. The molecular formula is C15H33IN4. The number of nitrogens with zero attached hydrogens (tertiary/aromatic N) is 2. The standard InChI is InChI=1S/C15H32N4.HI/c1-12(2)14(4)18-15(16-5)17-8-11-19-9-6-13(3)7-10-19;/h12-14H,6-11H2,1-5H3,(H2,16,17,18);1H. The average molecular weight is 396 g/mol. The van der Waals surface area contributed by atoms with Gasteiger partial charge in [-0.15, -0.1) is 24.0 Å². The van der Waals surface area contributed by atoms with E-state index in [1.165, 1.54) is 25.9 Å². The van der Waals surface area contributed by atoms with Gasteiger partial charge in [-0.25, -0.2) is 0 Å². The minimum absolute atomic E-state index is 0. The van der Waals surface area contributed by atoms with E-state index in [9.17, 15) is 0 Å². The van der Waals surface area contributed by atoms with Crippen LogP contribution >= 0.6 is 24.0 Å². The molecule has 0 aliphatic carbocycles. The molecule has 5 heteroatoms. The van der Waals surface area contributed by atoms with Crippen LogP contribution in [0.1, 0.15) is 40.5 Å². The predicted molar refractivity (Wildman–Crippen MR) is 99.1 cm³/mol. The van der Waals surface area contributed by atoms with E-state index < -0.39 is 0 Å². The maximum atomic E-state index is 4.28. The van der Waals surface area contributed by atoms with Crippen LogP contribution in [0.3, 0.4) is 0 Å². The summed E-state index contributed by atoms with van der Waals surface area (Å²) in [6, 6.07) is 0.446. The topological polar surface area (TPSA) is 39.7 Å². The fraction of sp³-hybridized carbons (Fsp3) is 0.933. The van der Waals surface area contributed by atoms with Gasteiger partial charge in [-0.1, -0.05) is 20.8 Å². The fourth-order valence-electron chi connectivity index (χ4n) is 2.20. The molecule has 0 aromatic heterocycles. The highest BCUT2D eigenvalue weighted by molar-refractivity contribution is 14.0. The van der Waals surface area contributed by atoms with Gasteiger partial charge in [-0.05, 0) is 44.7 Å². The van der Waals surface area contributed by atoms with E-state index in [0.717, 1.165) is 25.0 Å². The lowest BCUT2D eigenvalue weighted by molar-refractivity contribution is 0.195. The molecule has 1 atom stereocenters. The maximum absolute atomic E-state index is 4.28. The lowest BCUT2D eigenvalue weighted by atomic mass is 9.99. The van der Waals surface area contributed by atoms with Crippen molar-refractivity contribution in [1.29, 1.82) is 0 Å². The van der Waals surface area contributed by atoms with Crippen LogP contribution in [0, 0.1) is 11.8 Å². The minimum atomic E-state index is 0. The van der Waals surface area contributed by atoms with Crippen molar-refractivity contribution < 1.29 is 0 Å². The van der Waals surface area contributed by atoms with Crippen LogP contribution in [0.15, 0.2) is 4.99 Å². The van der Waals surface area contributed by atoms with Crippen molar-refractivity contribution >= 4 is 29.9 Å². The second-order valence-corrected chi connectivity index (χ2v) is 6.20. The smallest absolute Gasteiger partial charge is 0.191 e. The summed E-state index contributed by atoms with van der Waals surface area (Å²) in [5, 5.41) is 6.84. The summed E-state index contributed by atoms with van der Waals surface area (Å²) in [5.74, 6) is 2.44. The number of likely N-dealkylation sites (tertiary alicyclic amines) is 1. The number of guanidine groups is 1. The molecule has 0 spiro atoms. The molecule has 0 radical (unpaired) electrons. The highest BCUT2D eigenvalue weighted by Gasteiger charge is 2.15. The van der Waals surface area contributed by atoms with Crippen LogP contribution < -0.4 is 10.6 Å². The Morgan fingerprint density at radius 2 is 1.85 bits per heavy atom. The van der Waals surface area contributed by atoms with Gasteiger partial charge in [0.15, 0.2) is 5.96 Å². The number of aliphatic imine (C=N–C) groups is 1. The van der Waals surface area contributed by atoms with Crippen LogP contribution in [0.4, 0.5) is 0 Å². The monoisotopic (exact) mass is 396 g/mol. The summed E-state index contributed by atoms with van der Waals surface area (Å²) in [6.45, 7) is 13.6. The SMILES string of the molecule is CN=C(NCCN1CCC(C)CC1)NC(C)C(C)C.I. The Bertz CT molecular complexity index is 273. The summed E-state index contributed by atoms with van der Waals surface area (Å²) in [7, 11) is 1.84. The average Bonchev–Trinajstić information content (AvgIpc) is 2.39.